The zero-order chi connectivity index (χ0) is 18.4. The van der Waals surface area contributed by atoms with E-state index < -0.39 is 35.8 Å². The van der Waals surface area contributed by atoms with Gasteiger partial charge in [0.15, 0.2) is 6.61 Å². The summed E-state index contributed by atoms with van der Waals surface area (Å²) < 4.78 is 43.3. The zero-order valence-electron chi connectivity index (χ0n) is 13.4. The maximum Gasteiger partial charge on any atom is 0.417 e. The van der Waals surface area contributed by atoms with Crippen LogP contribution < -0.4 is 5.32 Å². The molecule has 0 atom stereocenters. The molecule has 0 aromatic heterocycles. The molecule has 2 aromatic carbocycles. The standard InChI is InChI=1S/C18H16F3NO3/c1-2-12-7-9-13(10-8-12)22-16(23)11-25-17(24)14-5-3-4-6-15(14)18(19,20)21/h3-10H,2,11H2,1H3,(H,22,23). The fourth-order valence-electron chi connectivity index (χ4n) is 2.14. The number of aryl methyl sites for hydroxylation is 1. The Morgan fingerprint density at radius 3 is 2.28 bits per heavy atom. The molecule has 0 spiro atoms. The Bertz CT molecular complexity index is 755. The molecule has 132 valence electrons. The van der Waals surface area contributed by atoms with Crippen LogP contribution in [0, 0.1) is 0 Å². The second-order valence-corrected chi connectivity index (χ2v) is 5.22. The number of alkyl halides is 3. The molecule has 0 radical (unpaired) electrons. The van der Waals surface area contributed by atoms with Crippen LogP contribution in [0.3, 0.4) is 0 Å². The summed E-state index contributed by atoms with van der Waals surface area (Å²) in [5.41, 5.74) is -0.132. The van der Waals surface area contributed by atoms with Crippen molar-refractivity contribution in [1.82, 2.24) is 0 Å². The van der Waals surface area contributed by atoms with Crippen LogP contribution in [0.5, 0.6) is 0 Å². The molecule has 0 bridgehead atoms. The van der Waals surface area contributed by atoms with Gasteiger partial charge in [0.1, 0.15) is 0 Å². The molecule has 0 heterocycles. The van der Waals surface area contributed by atoms with Gasteiger partial charge in [0.25, 0.3) is 5.91 Å². The van der Waals surface area contributed by atoms with Gasteiger partial charge in [-0.05, 0) is 36.2 Å². The molecule has 0 aliphatic rings. The lowest BCUT2D eigenvalue weighted by Crippen LogP contribution is -2.22. The molecule has 0 aliphatic carbocycles. The summed E-state index contributed by atoms with van der Waals surface area (Å²) in [5, 5.41) is 2.51. The predicted molar refractivity (Wildman–Crippen MR) is 86.2 cm³/mol. The topological polar surface area (TPSA) is 55.4 Å². The fraction of sp³-hybridized carbons (Fsp3) is 0.222. The average molecular weight is 351 g/mol. The van der Waals surface area contributed by atoms with Gasteiger partial charge in [-0.1, -0.05) is 31.2 Å². The van der Waals surface area contributed by atoms with Crippen molar-refractivity contribution in [2.24, 2.45) is 0 Å². The first-order chi connectivity index (χ1) is 11.8. The second kappa shape index (κ2) is 7.83. The molecule has 2 aromatic rings. The van der Waals surface area contributed by atoms with Crippen molar-refractivity contribution in [3.63, 3.8) is 0 Å². The summed E-state index contributed by atoms with van der Waals surface area (Å²) in [6.45, 7) is 1.31. The highest BCUT2D eigenvalue weighted by Crippen LogP contribution is 2.32. The molecule has 25 heavy (non-hydrogen) atoms. The number of ether oxygens (including phenoxy) is 1. The Kier molecular flexibility index (Phi) is 5.80. The van der Waals surface area contributed by atoms with Gasteiger partial charge in [-0.15, -0.1) is 0 Å². The Morgan fingerprint density at radius 2 is 1.68 bits per heavy atom. The van der Waals surface area contributed by atoms with Gasteiger partial charge >= 0.3 is 12.1 Å². The number of carbonyl (C=O) groups is 2. The minimum absolute atomic E-state index is 0.508. The quantitative estimate of drug-likeness (QED) is 0.827. The molecule has 0 aliphatic heterocycles. The van der Waals surface area contributed by atoms with Crippen LogP contribution in [0.1, 0.15) is 28.4 Å². The maximum atomic E-state index is 12.9. The van der Waals surface area contributed by atoms with Gasteiger partial charge in [0, 0.05) is 5.69 Å². The van der Waals surface area contributed by atoms with E-state index in [-0.39, 0.29) is 0 Å². The number of carbonyl (C=O) groups excluding carboxylic acids is 2. The van der Waals surface area contributed by atoms with Crippen molar-refractivity contribution in [2.45, 2.75) is 19.5 Å². The molecule has 1 amide bonds. The molecule has 0 saturated carbocycles. The van der Waals surface area contributed by atoms with Crippen LogP contribution in [0.2, 0.25) is 0 Å². The van der Waals surface area contributed by atoms with Crippen molar-refractivity contribution in [1.29, 1.82) is 0 Å². The minimum atomic E-state index is -4.68. The number of nitrogens with one attached hydrogen (secondary N) is 1. The predicted octanol–water partition coefficient (Wildman–Crippen LogP) is 4.06. The molecule has 0 saturated heterocycles. The van der Waals surface area contributed by atoms with E-state index >= 15 is 0 Å². The first-order valence-corrected chi connectivity index (χ1v) is 7.53. The van der Waals surface area contributed by atoms with E-state index in [0.717, 1.165) is 24.1 Å². The monoisotopic (exact) mass is 351 g/mol. The lowest BCUT2D eigenvalue weighted by atomic mass is 10.1. The van der Waals surface area contributed by atoms with Crippen LogP contribution in [0.15, 0.2) is 48.5 Å². The van der Waals surface area contributed by atoms with Crippen molar-refractivity contribution in [2.75, 3.05) is 11.9 Å². The van der Waals surface area contributed by atoms with Crippen molar-refractivity contribution in [3.05, 3.63) is 65.2 Å². The van der Waals surface area contributed by atoms with Crippen LogP contribution in [-0.4, -0.2) is 18.5 Å². The fourth-order valence-corrected chi connectivity index (χ4v) is 2.14. The van der Waals surface area contributed by atoms with E-state index in [1.165, 1.54) is 12.1 Å². The average Bonchev–Trinajstić information content (AvgIpc) is 2.59. The Balaban J connectivity index is 1.96. The Morgan fingerprint density at radius 1 is 1.04 bits per heavy atom. The number of amides is 1. The third-order valence-electron chi connectivity index (χ3n) is 3.43. The number of anilines is 1. The van der Waals surface area contributed by atoms with Gasteiger partial charge in [0.05, 0.1) is 11.1 Å². The van der Waals surface area contributed by atoms with Crippen LogP contribution >= 0.6 is 0 Å². The summed E-state index contributed by atoms with van der Waals surface area (Å²) in [5.74, 6) is -1.84. The van der Waals surface area contributed by atoms with E-state index in [9.17, 15) is 22.8 Å². The third kappa shape index (κ3) is 5.07. The lowest BCUT2D eigenvalue weighted by Gasteiger charge is -2.12. The molecule has 1 N–H and O–H groups in total. The van der Waals surface area contributed by atoms with Crippen LogP contribution in [-0.2, 0) is 22.1 Å². The van der Waals surface area contributed by atoms with Gasteiger partial charge in [0.2, 0.25) is 0 Å². The van der Waals surface area contributed by atoms with E-state index in [2.05, 4.69) is 5.32 Å². The summed E-state index contributed by atoms with van der Waals surface area (Å²) in [6, 6.07) is 11.3. The number of rotatable bonds is 5. The Labute approximate surface area is 142 Å². The van der Waals surface area contributed by atoms with Gasteiger partial charge in [-0.2, -0.15) is 13.2 Å². The number of benzene rings is 2. The van der Waals surface area contributed by atoms with Crippen molar-refractivity contribution in [3.8, 4) is 0 Å². The highest BCUT2D eigenvalue weighted by molar-refractivity contribution is 5.96. The summed E-state index contributed by atoms with van der Waals surface area (Å²) in [6.07, 6.45) is -3.83. The molecule has 2 rings (SSSR count). The third-order valence-corrected chi connectivity index (χ3v) is 3.43. The SMILES string of the molecule is CCc1ccc(NC(=O)COC(=O)c2ccccc2C(F)(F)F)cc1. The molecule has 0 fully saturated rings. The van der Waals surface area contributed by atoms with Gasteiger partial charge in [-0.3, -0.25) is 4.79 Å². The number of hydrogen-bond donors (Lipinski definition) is 1. The normalized spacial score (nSPS) is 11.0. The van der Waals surface area contributed by atoms with E-state index in [4.69, 9.17) is 4.74 Å². The molecule has 4 nitrogen and oxygen atoms in total. The van der Waals surface area contributed by atoms with E-state index in [1.807, 2.05) is 19.1 Å². The summed E-state index contributed by atoms with van der Waals surface area (Å²) in [4.78, 5) is 23.6. The number of esters is 1. The number of hydrogen-bond acceptors (Lipinski definition) is 3. The largest absolute Gasteiger partial charge is 0.452 e. The first-order valence-electron chi connectivity index (χ1n) is 7.53. The summed E-state index contributed by atoms with van der Waals surface area (Å²) in [7, 11) is 0. The highest BCUT2D eigenvalue weighted by Gasteiger charge is 2.35. The molecule has 7 heteroatoms. The Hall–Kier alpha value is -2.83. The second-order valence-electron chi connectivity index (χ2n) is 5.22. The first kappa shape index (κ1) is 18.5. The molecular weight excluding hydrogens is 335 g/mol. The zero-order valence-corrected chi connectivity index (χ0v) is 13.4. The molecular formula is C18H16F3NO3. The van der Waals surface area contributed by atoms with Crippen LogP contribution in [0.4, 0.5) is 18.9 Å². The van der Waals surface area contributed by atoms with E-state index in [0.29, 0.717) is 5.69 Å². The van der Waals surface area contributed by atoms with Crippen molar-refractivity contribution >= 4 is 17.6 Å². The highest BCUT2D eigenvalue weighted by atomic mass is 19.4. The molecule has 0 unspecified atom stereocenters. The van der Waals surface area contributed by atoms with E-state index in [1.54, 1.807) is 12.1 Å². The minimum Gasteiger partial charge on any atom is -0.452 e. The van der Waals surface area contributed by atoms with Crippen molar-refractivity contribution < 1.29 is 27.5 Å². The van der Waals surface area contributed by atoms with Gasteiger partial charge < -0.3 is 10.1 Å². The maximum absolute atomic E-state index is 12.9. The number of halogens is 3. The lowest BCUT2D eigenvalue weighted by molar-refractivity contribution is -0.138. The summed E-state index contributed by atoms with van der Waals surface area (Å²) >= 11 is 0. The van der Waals surface area contributed by atoms with Gasteiger partial charge in [-0.25, -0.2) is 4.79 Å². The van der Waals surface area contributed by atoms with Crippen LogP contribution in [0.25, 0.3) is 0 Å². The smallest absolute Gasteiger partial charge is 0.417 e.